The summed E-state index contributed by atoms with van der Waals surface area (Å²) in [6.45, 7) is 0.898. The van der Waals surface area contributed by atoms with E-state index in [-0.39, 0.29) is 5.91 Å². The Balaban J connectivity index is 1.73. The lowest BCUT2D eigenvalue weighted by atomic mass is 9.85. The lowest BCUT2D eigenvalue weighted by Gasteiger charge is -2.33. The SMILES string of the molecule is NC(C(=O)N1CCC2CCCCC21)c1ccccc1. The lowest BCUT2D eigenvalue weighted by Crippen LogP contribution is -2.43. The van der Waals surface area contributed by atoms with Gasteiger partial charge in [0.25, 0.3) is 0 Å². The summed E-state index contributed by atoms with van der Waals surface area (Å²) in [5.41, 5.74) is 7.07. The third-order valence-electron chi connectivity index (χ3n) is 4.72. The third kappa shape index (κ3) is 2.39. The molecule has 3 nitrogen and oxygen atoms in total. The van der Waals surface area contributed by atoms with Gasteiger partial charge in [-0.25, -0.2) is 0 Å². The minimum atomic E-state index is -0.498. The molecule has 3 rings (SSSR count). The maximum absolute atomic E-state index is 12.6. The van der Waals surface area contributed by atoms with Gasteiger partial charge in [0.1, 0.15) is 6.04 Å². The van der Waals surface area contributed by atoms with Crippen molar-refractivity contribution in [1.82, 2.24) is 4.90 Å². The normalized spacial score (nSPS) is 27.9. The molecule has 0 aromatic heterocycles. The molecular weight excluding hydrogens is 236 g/mol. The van der Waals surface area contributed by atoms with E-state index in [0.29, 0.717) is 6.04 Å². The fourth-order valence-corrected chi connectivity index (χ4v) is 3.66. The second kappa shape index (κ2) is 5.33. The van der Waals surface area contributed by atoms with E-state index in [2.05, 4.69) is 4.90 Å². The monoisotopic (exact) mass is 258 g/mol. The van der Waals surface area contributed by atoms with Gasteiger partial charge in [-0.15, -0.1) is 0 Å². The Bertz CT molecular complexity index is 445. The highest BCUT2D eigenvalue weighted by Crippen LogP contribution is 2.37. The first-order valence-electron chi connectivity index (χ1n) is 7.38. The average molecular weight is 258 g/mol. The predicted octanol–water partition coefficient (Wildman–Crippen LogP) is 2.48. The summed E-state index contributed by atoms with van der Waals surface area (Å²) in [5, 5.41) is 0. The second-order valence-electron chi connectivity index (χ2n) is 5.82. The first-order valence-corrected chi connectivity index (χ1v) is 7.38. The smallest absolute Gasteiger partial charge is 0.244 e. The highest BCUT2D eigenvalue weighted by Gasteiger charge is 2.39. The van der Waals surface area contributed by atoms with Gasteiger partial charge in [0, 0.05) is 12.6 Å². The quantitative estimate of drug-likeness (QED) is 0.886. The number of nitrogens with zero attached hydrogens (tertiary/aromatic N) is 1. The van der Waals surface area contributed by atoms with Gasteiger partial charge in [0.15, 0.2) is 0 Å². The van der Waals surface area contributed by atoms with Crippen molar-refractivity contribution in [2.24, 2.45) is 11.7 Å². The number of likely N-dealkylation sites (tertiary alicyclic amines) is 1. The molecule has 1 aromatic carbocycles. The first-order chi connectivity index (χ1) is 9.27. The Kier molecular flexibility index (Phi) is 3.56. The van der Waals surface area contributed by atoms with Gasteiger partial charge in [-0.2, -0.15) is 0 Å². The van der Waals surface area contributed by atoms with Crippen LogP contribution >= 0.6 is 0 Å². The number of carbonyl (C=O) groups excluding carboxylic acids is 1. The zero-order valence-electron chi connectivity index (χ0n) is 11.3. The summed E-state index contributed by atoms with van der Waals surface area (Å²) in [5.74, 6) is 0.835. The van der Waals surface area contributed by atoms with Crippen LogP contribution in [-0.4, -0.2) is 23.4 Å². The van der Waals surface area contributed by atoms with Crippen molar-refractivity contribution in [1.29, 1.82) is 0 Å². The van der Waals surface area contributed by atoms with E-state index >= 15 is 0 Å². The zero-order valence-corrected chi connectivity index (χ0v) is 11.3. The van der Waals surface area contributed by atoms with Crippen LogP contribution in [0, 0.1) is 5.92 Å². The van der Waals surface area contributed by atoms with Crippen LogP contribution in [0.2, 0.25) is 0 Å². The number of fused-ring (bicyclic) bond motifs is 1. The van der Waals surface area contributed by atoms with Crippen LogP contribution in [0.25, 0.3) is 0 Å². The van der Waals surface area contributed by atoms with Crippen LogP contribution in [0.4, 0.5) is 0 Å². The summed E-state index contributed by atoms with van der Waals surface area (Å²) < 4.78 is 0. The van der Waals surface area contributed by atoms with Crippen molar-refractivity contribution in [2.45, 2.75) is 44.2 Å². The van der Waals surface area contributed by atoms with Crippen LogP contribution in [0.3, 0.4) is 0 Å². The summed E-state index contributed by atoms with van der Waals surface area (Å²) in [4.78, 5) is 14.7. The fourth-order valence-electron chi connectivity index (χ4n) is 3.66. The molecule has 1 aliphatic carbocycles. The maximum atomic E-state index is 12.6. The Morgan fingerprint density at radius 3 is 2.68 bits per heavy atom. The number of benzene rings is 1. The van der Waals surface area contributed by atoms with Gasteiger partial charge in [0.2, 0.25) is 5.91 Å². The van der Waals surface area contributed by atoms with Gasteiger partial charge in [0.05, 0.1) is 0 Å². The van der Waals surface area contributed by atoms with E-state index < -0.39 is 6.04 Å². The van der Waals surface area contributed by atoms with Crippen molar-refractivity contribution in [3.05, 3.63) is 35.9 Å². The van der Waals surface area contributed by atoms with Crippen molar-refractivity contribution in [3.63, 3.8) is 0 Å². The third-order valence-corrected chi connectivity index (χ3v) is 4.72. The molecular formula is C16H22N2O. The van der Waals surface area contributed by atoms with Crippen molar-refractivity contribution < 1.29 is 4.79 Å². The summed E-state index contributed by atoms with van der Waals surface area (Å²) in [6, 6.07) is 9.67. The van der Waals surface area contributed by atoms with Crippen LogP contribution in [0.1, 0.15) is 43.7 Å². The Morgan fingerprint density at radius 1 is 1.16 bits per heavy atom. The van der Waals surface area contributed by atoms with E-state index in [1.54, 1.807) is 0 Å². The fraction of sp³-hybridized carbons (Fsp3) is 0.562. The molecule has 3 atom stereocenters. The van der Waals surface area contributed by atoms with E-state index in [9.17, 15) is 4.79 Å². The van der Waals surface area contributed by atoms with Gasteiger partial charge < -0.3 is 10.6 Å². The number of rotatable bonds is 2. The molecule has 0 radical (unpaired) electrons. The topological polar surface area (TPSA) is 46.3 Å². The Hall–Kier alpha value is -1.35. The van der Waals surface area contributed by atoms with Crippen LogP contribution < -0.4 is 5.73 Å². The highest BCUT2D eigenvalue weighted by atomic mass is 16.2. The number of nitrogens with two attached hydrogens (primary N) is 1. The van der Waals surface area contributed by atoms with Crippen LogP contribution in [0.15, 0.2) is 30.3 Å². The summed E-state index contributed by atoms with van der Waals surface area (Å²) in [6.07, 6.45) is 6.20. The average Bonchev–Trinajstić information content (AvgIpc) is 2.90. The molecule has 0 bridgehead atoms. The largest absolute Gasteiger partial charge is 0.338 e. The molecule has 2 aliphatic rings. The first kappa shape index (κ1) is 12.7. The predicted molar refractivity (Wildman–Crippen MR) is 75.4 cm³/mol. The zero-order chi connectivity index (χ0) is 13.2. The van der Waals surface area contributed by atoms with Crippen molar-refractivity contribution in [2.75, 3.05) is 6.54 Å². The van der Waals surface area contributed by atoms with Gasteiger partial charge in [-0.3, -0.25) is 4.79 Å². The molecule has 1 aromatic rings. The standard InChI is InChI=1S/C16H22N2O/c17-15(13-7-2-1-3-8-13)16(19)18-11-10-12-6-4-5-9-14(12)18/h1-3,7-8,12,14-15H,4-6,9-11,17H2. The van der Waals surface area contributed by atoms with E-state index in [0.717, 1.165) is 30.9 Å². The minimum Gasteiger partial charge on any atom is -0.338 e. The number of carbonyl (C=O) groups is 1. The van der Waals surface area contributed by atoms with Crippen LogP contribution in [-0.2, 0) is 4.79 Å². The maximum Gasteiger partial charge on any atom is 0.244 e. The minimum absolute atomic E-state index is 0.112. The number of hydrogen-bond acceptors (Lipinski definition) is 2. The molecule has 3 unspecified atom stereocenters. The van der Waals surface area contributed by atoms with Gasteiger partial charge in [-0.05, 0) is 30.7 Å². The van der Waals surface area contributed by atoms with Crippen molar-refractivity contribution in [3.8, 4) is 0 Å². The molecule has 3 heteroatoms. The molecule has 2 fully saturated rings. The van der Waals surface area contributed by atoms with E-state index in [1.165, 1.54) is 19.3 Å². The molecule has 1 saturated heterocycles. The van der Waals surface area contributed by atoms with E-state index in [4.69, 9.17) is 5.73 Å². The summed E-state index contributed by atoms with van der Waals surface area (Å²) in [7, 11) is 0. The van der Waals surface area contributed by atoms with Crippen LogP contribution in [0.5, 0.6) is 0 Å². The Morgan fingerprint density at radius 2 is 1.89 bits per heavy atom. The highest BCUT2D eigenvalue weighted by molar-refractivity contribution is 5.83. The lowest BCUT2D eigenvalue weighted by molar-refractivity contribution is -0.134. The molecule has 1 heterocycles. The number of hydrogen-bond donors (Lipinski definition) is 1. The molecule has 2 N–H and O–H groups in total. The van der Waals surface area contributed by atoms with Crippen molar-refractivity contribution >= 4 is 5.91 Å². The Labute approximate surface area is 114 Å². The second-order valence-corrected chi connectivity index (χ2v) is 5.82. The molecule has 19 heavy (non-hydrogen) atoms. The molecule has 0 spiro atoms. The molecule has 1 saturated carbocycles. The molecule has 102 valence electrons. The summed E-state index contributed by atoms with van der Waals surface area (Å²) >= 11 is 0. The van der Waals surface area contributed by atoms with E-state index in [1.807, 2.05) is 30.3 Å². The molecule has 1 amide bonds. The number of amides is 1. The molecule has 1 aliphatic heterocycles. The van der Waals surface area contributed by atoms with Gasteiger partial charge >= 0.3 is 0 Å². The van der Waals surface area contributed by atoms with Gasteiger partial charge in [-0.1, -0.05) is 43.2 Å².